The number of anilines is 1. The minimum absolute atomic E-state index is 0.0592. The second kappa shape index (κ2) is 4.28. The molecule has 0 saturated carbocycles. The summed E-state index contributed by atoms with van der Waals surface area (Å²) < 4.78 is 5.77. The van der Waals surface area contributed by atoms with Crippen LogP contribution in [0, 0.1) is 0 Å². The second-order valence-corrected chi connectivity index (χ2v) is 4.54. The predicted molar refractivity (Wildman–Crippen MR) is 76.1 cm³/mol. The lowest BCUT2D eigenvalue weighted by Crippen LogP contribution is -1.90. The first-order chi connectivity index (χ1) is 9.13. The van der Waals surface area contributed by atoms with E-state index in [2.05, 4.69) is 0 Å². The largest absolute Gasteiger partial charge is 0.456 e. The van der Waals surface area contributed by atoms with E-state index in [4.69, 9.17) is 10.2 Å². The molecule has 1 aromatic heterocycles. The number of nitrogens with two attached hydrogens (primary N) is 1. The van der Waals surface area contributed by atoms with E-state index in [1.807, 2.05) is 36.4 Å². The fraction of sp³-hybridized carbons (Fsp3) is 0.0625. The maximum absolute atomic E-state index is 11.2. The van der Waals surface area contributed by atoms with Gasteiger partial charge in [-0.1, -0.05) is 24.3 Å². The first kappa shape index (κ1) is 11.5. The molecule has 2 N–H and O–H groups in total. The van der Waals surface area contributed by atoms with Crippen LogP contribution in [0.2, 0.25) is 0 Å². The van der Waals surface area contributed by atoms with Crippen molar-refractivity contribution < 1.29 is 9.21 Å². The molecule has 0 saturated heterocycles. The molecular formula is C16H13NO2. The van der Waals surface area contributed by atoms with E-state index in [9.17, 15) is 4.79 Å². The molecular weight excluding hydrogens is 238 g/mol. The Morgan fingerprint density at radius 2 is 1.79 bits per heavy atom. The monoisotopic (exact) mass is 251 g/mol. The Morgan fingerprint density at radius 3 is 2.47 bits per heavy atom. The average molecular weight is 251 g/mol. The maximum Gasteiger partial charge on any atom is 0.159 e. The molecule has 0 fully saturated rings. The van der Waals surface area contributed by atoms with Gasteiger partial charge in [-0.2, -0.15) is 0 Å². The van der Waals surface area contributed by atoms with Gasteiger partial charge in [0.1, 0.15) is 11.3 Å². The zero-order chi connectivity index (χ0) is 13.4. The van der Waals surface area contributed by atoms with E-state index in [1.165, 1.54) is 0 Å². The summed E-state index contributed by atoms with van der Waals surface area (Å²) in [6, 6.07) is 14.9. The molecule has 3 nitrogen and oxygen atoms in total. The topological polar surface area (TPSA) is 56.2 Å². The van der Waals surface area contributed by atoms with Gasteiger partial charge in [0.2, 0.25) is 0 Å². The summed E-state index contributed by atoms with van der Waals surface area (Å²) in [6.07, 6.45) is 0. The molecule has 0 spiro atoms. The van der Waals surface area contributed by atoms with Gasteiger partial charge in [-0.05, 0) is 31.2 Å². The zero-order valence-corrected chi connectivity index (χ0v) is 10.5. The number of hydrogen-bond acceptors (Lipinski definition) is 3. The first-order valence-electron chi connectivity index (χ1n) is 6.04. The number of benzene rings is 2. The molecule has 0 aliphatic heterocycles. The Bertz CT molecular complexity index is 754. The SMILES string of the molecule is CC(=O)c1ccc(-c2cc3cc(N)ccc3o2)cc1. The molecule has 0 aliphatic carbocycles. The van der Waals surface area contributed by atoms with Gasteiger partial charge in [0.05, 0.1) is 0 Å². The fourth-order valence-corrected chi connectivity index (χ4v) is 2.07. The summed E-state index contributed by atoms with van der Waals surface area (Å²) in [7, 11) is 0. The summed E-state index contributed by atoms with van der Waals surface area (Å²) in [4.78, 5) is 11.2. The van der Waals surface area contributed by atoms with Gasteiger partial charge in [0, 0.05) is 22.2 Å². The highest BCUT2D eigenvalue weighted by atomic mass is 16.3. The maximum atomic E-state index is 11.2. The summed E-state index contributed by atoms with van der Waals surface area (Å²) >= 11 is 0. The zero-order valence-electron chi connectivity index (χ0n) is 10.5. The minimum atomic E-state index is 0.0592. The number of fused-ring (bicyclic) bond motifs is 1. The highest BCUT2D eigenvalue weighted by Gasteiger charge is 2.07. The van der Waals surface area contributed by atoms with Crippen LogP contribution in [0.1, 0.15) is 17.3 Å². The van der Waals surface area contributed by atoms with E-state index in [0.29, 0.717) is 11.3 Å². The highest BCUT2D eigenvalue weighted by molar-refractivity contribution is 5.94. The molecule has 0 aliphatic rings. The van der Waals surface area contributed by atoms with Gasteiger partial charge in [-0.15, -0.1) is 0 Å². The second-order valence-electron chi connectivity index (χ2n) is 4.54. The van der Waals surface area contributed by atoms with E-state index in [0.717, 1.165) is 22.3 Å². The van der Waals surface area contributed by atoms with Crippen LogP contribution in [0.15, 0.2) is 52.9 Å². The summed E-state index contributed by atoms with van der Waals surface area (Å²) in [6.45, 7) is 1.55. The average Bonchev–Trinajstić information content (AvgIpc) is 2.81. The minimum Gasteiger partial charge on any atom is -0.456 e. The van der Waals surface area contributed by atoms with Crippen LogP contribution >= 0.6 is 0 Å². The highest BCUT2D eigenvalue weighted by Crippen LogP contribution is 2.29. The summed E-state index contributed by atoms with van der Waals surface area (Å²) in [5, 5.41) is 0.977. The van der Waals surface area contributed by atoms with Crippen molar-refractivity contribution in [3.8, 4) is 11.3 Å². The number of carbonyl (C=O) groups excluding carboxylic acids is 1. The van der Waals surface area contributed by atoms with Crippen molar-refractivity contribution in [2.75, 3.05) is 5.73 Å². The molecule has 0 radical (unpaired) electrons. The lowest BCUT2D eigenvalue weighted by atomic mass is 10.1. The van der Waals surface area contributed by atoms with Crippen LogP contribution in [0.25, 0.3) is 22.3 Å². The lowest BCUT2D eigenvalue weighted by Gasteiger charge is -1.98. The van der Waals surface area contributed by atoms with Crippen molar-refractivity contribution in [1.29, 1.82) is 0 Å². The van der Waals surface area contributed by atoms with Gasteiger partial charge >= 0.3 is 0 Å². The number of carbonyl (C=O) groups is 1. The number of Topliss-reactive ketones (excluding diaryl/α,β-unsaturated/α-hetero) is 1. The molecule has 3 rings (SSSR count). The standard InChI is InChI=1S/C16H13NO2/c1-10(18)11-2-4-12(5-3-11)16-9-13-8-14(17)6-7-15(13)19-16/h2-9H,17H2,1H3. The number of rotatable bonds is 2. The van der Waals surface area contributed by atoms with Crippen LogP contribution in [-0.2, 0) is 0 Å². The Morgan fingerprint density at radius 1 is 1.05 bits per heavy atom. The Labute approximate surface area is 110 Å². The molecule has 19 heavy (non-hydrogen) atoms. The summed E-state index contributed by atoms with van der Waals surface area (Å²) in [5.74, 6) is 0.833. The Kier molecular flexibility index (Phi) is 2.60. The van der Waals surface area contributed by atoms with Gasteiger partial charge < -0.3 is 10.2 Å². The van der Waals surface area contributed by atoms with Crippen molar-refractivity contribution in [3.63, 3.8) is 0 Å². The van der Waals surface area contributed by atoms with E-state index in [1.54, 1.807) is 19.1 Å². The molecule has 1 heterocycles. The third-order valence-corrected chi connectivity index (χ3v) is 3.12. The molecule has 94 valence electrons. The van der Waals surface area contributed by atoms with Crippen LogP contribution in [0.3, 0.4) is 0 Å². The third kappa shape index (κ3) is 2.10. The molecule has 0 unspecified atom stereocenters. The molecule has 2 aromatic carbocycles. The normalized spacial score (nSPS) is 10.8. The molecule has 3 heteroatoms. The quantitative estimate of drug-likeness (QED) is 0.555. The summed E-state index contributed by atoms with van der Waals surface area (Å²) in [5.41, 5.74) is 8.91. The van der Waals surface area contributed by atoms with Gasteiger partial charge in [-0.25, -0.2) is 0 Å². The Hall–Kier alpha value is -2.55. The van der Waals surface area contributed by atoms with Crippen molar-refractivity contribution in [1.82, 2.24) is 0 Å². The van der Waals surface area contributed by atoms with Gasteiger partial charge in [0.25, 0.3) is 0 Å². The third-order valence-electron chi connectivity index (χ3n) is 3.12. The van der Waals surface area contributed by atoms with Gasteiger partial charge in [0.15, 0.2) is 5.78 Å². The smallest absolute Gasteiger partial charge is 0.159 e. The number of nitrogen functional groups attached to an aromatic ring is 1. The predicted octanol–water partition coefficient (Wildman–Crippen LogP) is 3.88. The lowest BCUT2D eigenvalue weighted by molar-refractivity contribution is 0.101. The number of ketones is 1. The van der Waals surface area contributed by atoms with E-state index >= 15 is 0 Å². The van der Waals surface area contributed by atoms with Crippen LogP contribution in [0.4, 0.5) is 5.69 Å². The van der Waals surface area contributed by atoms with Crippen molar-refractivity contribution in [3.05, 3.63) is 54.1 Å². The van der Waals surface area contributed by atoms with E-state index in [-0.39, 0.29) is 5.78 Å². The van der Waals surface area contributed by atoms with Crippen LogP contribution in [-0.4, -0.2) is 5.78 Å². The molecule has 0 atom stereocenters. The number of furan rings is 1. The van der Waals surface area contributed by atoms with Crippen molar-refractivity contribution in [2.24, 2.45) is 0 Å². The molecule has 0 amide bonds. The fourth-order valence-electron chi connectivity index (χ4n) is 2.07. The Balaban J connectivity index is 2.06. The van der Waals surface area contributed by atoms with Crippen LogP contribution < -0.4 is 5.73 Å². The van der Waals surface area contributed by atoms with Gasteiger partial charge in [-0.3, -0.25) is 4.79 Å². The first-order valence-corrected chi connectivity index (χ1v) is 6.04. The van der Waals surface area contributed by atoms with Crippen molar-refractivity contribution in [2.45, 2.75) is 6.92 Å². The van der Waals surface area contributed by atoms with Crippen LogP contribution in [0.5, 0.6) is 0 Å². The van der Waals surface area contributed by atoms with E-state index < -0.39 is 0 Å². The molecule has 3 aromatic rings. The van der Waals surface area contributed by atoms with Crippen molar-refractivity contribution >= 4 is 22.4 Å². The number of hydrogen-bond donors (Lipinski definition) is 1. The molecule has 0 bridgehead atoms.